The quantitative estimate of drug-likeness (QED) is 0.283. The molecule has 1 aliphatic carbocycles. The summed E-state index contributed by atoms with van der Waals surface area (Å²) in [6.45, 7) is 10.1. The van der Waals surface area contributed by atoms with Crippen LogP contribution in [0.2, 0.25) is 0 Å². The minimum absolute atomic E-state index is 0.00841. The van der Waals surface area contributed by atoms with Gasteiger partial charge in [0.05, 0.1) is 0 Å². The van der Waals surface area contributed by atoms with E-state index in [-0.39, 0.29) is 33.8 Å². The van der Waals surface area contributed by atoms with E-state index in [0.717, 1.165) is 43.3 Å². The van der Waals surface area contributed by atoms with Crippen molar-refractivity contribution in [3.8, 4) is 11.5 Å². The van der Waals surface area contributed by atoms with Gasteiger partial charge in [-0.1, -0.05) is 61.8 Å². The van der Waals surface area contributed by atoms with E-state index < -0.39 is 10.0 Å². The Morgan fingerprint density at radius 2 is 1.88 bits per heavy atom. The summed E-state index contributed by atoms with van der Waals surface area (Å²) in [5.74, 6) is -0.771. The van der Waals surface area contributed by atoms with Gasteiger partial charge in [0.15, 0.2) is 0 Å². The number of phenols is 2. The molecule has 2 aromatic rings. The molecule has 6 heteroatoms. The Hall–Kier alpha value is -2.73. The van der Waals surface area contributed by atoms with E-state index in [2.05, 4.69) is 18.2 Å². The molecular weight excluding hydrogens is 434 g/mol. The molecule has 33 heavy (non-hydrogen) atoms. The number of rotatable bonds is 9. The van der Waals surface area contributed by atoms with Crippen molar-refractivity contribution in [1.82, 2.24) is 0 Å². The van der Waals surface area contributed by atoms with E-state index in [1.807, 2.05) is 19.9 Å². The van der Waals surface area contributed by atoms with E-state index >= 15 is 0 Å². The van der Waals surface area contributed by atoms with Gasteiger partial charge in [0.25, 0.3) is 10.0 Å². The maximum atomic E-state index is 13.5. The number of hydrogen-bond donors (Lipinski definition) is 3. The molecular formula is C27H35NO4S. The van der Waals surface area contributed by atoms with Gasteiger partial charge in [0.1, 0.15) is 16.4 Å². The SMILES string of the molecule is C=C(C)C1CCC(C)=CC1c1c(O)cc(CCCCC)c(S(=O)(=O)Nc2ccccc2)c1O. The molecule has 2 unspecified atom stereocenters. The van der Waals surface area contributed by atoms with E-state index in [4.69, 9.17) is 0 Å². The Balaban J connectivity index is 2.19. The summed E-state index contributed by atoms with van der Waals surface area (Å²) >= 11 is 0. The molecule has 0 radical (unpaired) electrons. The van der Waals surface area contributed by atoms with Crippen LogP contribution in [0.25, 0.3) is 0 Å². The van der Waals surface area contributed by atoms with Crippen LogP contribution in [0.1, 0.15) is 69.9 Å². The smallest absolute Gasteiger partial charge is 0.265 e. The van der Waals surface area contributed by atoms with Crippen molar-refractivity contribution >= 4 is 15.7 Å². The van der Waals surface area contributed by atoms with Gasteiger partial charge in [-0.05, 0) is 69.2 Å². The highest BCUT2D eigenvalue weighted by Crippen LogP contribution is 2.49. The van der Waals surface area contributed by atoms with Crippen LogP contribution in [0.15, 0.2) is 65.1 Å². The normalized spacial score (nSPS) is 18.6. The lowest BCUT2D eigenvalue weighted by Crippen LogP contribution is -2.20. The molecule has 178 valence electrons. The molecule has 3 rings (SSSR count). The number of aromatic hydroxyl groups is 2. The Morgan fingerprint density at radius 1 is 1.18 bits per heavy atom. The molecule has 3 N–H and O–H groups in total. The topological polar surface area (TPSA) is 86.6 Å². The van der Waals surface area contributed by atoms with Crippen LogP contribution in [0.4, 0.5) is 5.69 Å². The van der Waals surface area contributed by atoms with E-state index in [0.29, 0.717) is 17.7 Å². The summed E-state index contributed by atoms with van der Waals surface area (Å²) < 4.78 is 29.6. The molecule has 0 amide bonds. The summed E-state index contributed by atoms with van der Waals surface area (Å²) in [7, 11) is -4.10. The van der Waals surface area contributed by atoms with Gasteiger partial charge in [0, 0.05) is 17.2 Å². The highest BCUT2D eigenvalue weighted by atomic mass is 32.2. The lowest BCUT2D eigenvalue weighted by Gasteiger charge is -2.32. The largest absolute Gasteiger partial charge is 0.507 e. The van der Waals surface area contributed by atoms with Crippen molar-refractivity contribution in [3.05, 3.63) is 71.3 Å². The second-order valence-electron chi connectivity index (χ2n) is 9.11. The van der Waals surface area contributed by atoms with Crippen molar-refractivity contribution in [1.29, 1.82) is 0 Å². The van der Waals surface area contributed by atoms with Crippen molar-refractivity contribution < 1.29 is 18.6 Å². The molecule has 0 heterocycles. The highest BCUT2D eigenvalue weighted by Gasteiger charge is 2.34. The maximum Gasteiger partial charge on any atom is 0.265 e. The zero-order valence-corrected chi connectivity index (χ0v) is 20.6. The van der Waals surface area contributed by atoms with Gasteiger partial charge >= 0.3 is 0 Å². The number of nitrogens with one attached hydrogen (secondary N) is 1. The van der Waals surface area contributed by atoms with Gasteiger partial charge in [-0.15, -0.1) is 0 Å². The molecule has 0 aliphatic heterocycles. The molecule has 0 saturated carbocycles. The third kappa shape index (κ3) is 5.61. The lowest BCUT2D eigenvalue weighted by atomic mass is 9.73. The highest BCUT2D eigenvalue weighted by molar-refractivity contribution is 7.92. The number of phenolic OH excluding ortho intramolecular Hbond substituents is 2. The molecule has 0 aromatic heterocycles. The zero-order chi connectivity index (χ0) is 24.2. The van der Waals surface area contributed by atoms with Crippen LogP contribution in [0.5, 0.6) is 11.5 Å². The minimum atomic E-state index is -4.10. The van der Waals surface area contributed by atoms with Crippen molar-refractivity contribution in [2.45, 2.75) is 70.1 Å². The average Bonchev–Trinajstić information content (AvgIpc) is 2.73. The molecule has 0 spiro atoms. The molecule has 0 fully saturated rings. The van der Waals surface area contributed by atoms with E-state index in [1.54, 1.807) is 30.3 Å². The lowest BCUT2D eigenvalue weighted by molar-refractivity contribution is 0.397. The predicted molar refractivity (Wildman–Crippen MR) is 134 cm³/mol. The summed E-state index contributed by atoms with van der Waals surface area (Å²) in [6.07, 6.45) is 6.89. The first kappa shape index (κ1) is 24.9. The van der Waals surface area contributed by atoms with Crippen molar-refractivity contribution in [2.75, 3.05) is 4.72 Å². The standard InChI is InChI=1S/C27H35NO4S/c1-5-6-8-11-20-17-24(29)25(23-16-19(4)14-15-22(23)18(2)3)26(30)27(20)33(31,32)28-21-12-9-7-10-13-21/h7,9-10,12-13,16-17,22-23,28-30H,2,5-6,8,11,14-15H2,1,3-4H3. The van der Waals surface area contributed by atoms with Crippen molar-refractivity contribution in [3.63, 3.8) is 0 Å². The van der Waals surface area contributed by atoms with Crippen LogP contribution >= 0.6 is 0 Å². The fraction of sp³-hybridized carbons (Fsp3) is 0.407. The molecule has 2 atom stereocenters. The fourth-order valence-corrected chi connectivity index (χ4v) is 6.12. The van der Waals surface area contributed by atoms with Crippen LogP contribution < -0.4 is 4.72 Å². The first-order valence-corrected chi connectivity index (χ1v) is 13.1. The van der Waals surface area contributed by atoms with Gasteiger partial charge < -0.3 is 10.2 Å². The second kappa shape index (κ2) is 10.5. The summed E-state index contributed by atoms with van der Waals surface area (Å²) in [6, 6.07) is 10.1. The number of hydrogen-bond acceptors (Lipinski definition) is 4. The number of anilines is 1. The van der Waals surface area contributed by atoms with E-state index in [1.165, 1.54) is 6.07 Å². The number of benzene rings is 2. The van der Waals surface area contributed by atoms with E-state index in [9.17, 15) is 18.6 Å². The first-order valence-electron chi connectivity index (χ1n) is 11.6. The first-order chi connectivity index (χ1) is 15.7. The number of aryl methyl sites for hydroxylation is 1. The summed E-state index contributed by atoms with van der Waals surface area (Å²) in [4.78, 5) is -0.146. The van der Waals surface area contributed by atoms with Gasteiger partial charge in [-0.3, -0.25) is 4.72 Å². The fourth-order valence-electron chi connectivity index (χ4n) is 4.70. The van der Waals surface area contributed by atoms with Crippen LogP contribution in [0, 0.1) is 5.92 Å². The number of para-hydroxylation sites is 1. The van der Waals surface area contributed by atoms with Gasteiger partial charge in [-0.2, -0.15) is 0 Å². The summed E-state index contributed by atoms with van der Waals surface area (Å²) in [5, 5.41) is 22.4. The molecule has 5 nitrogen and oxygen atoms in total. The number of sulfonamides is 1. The number of unbranched alkanes of at least 4 members (excludes halogenated alkanes) is 2. The van der Waals surface area contributed by atoms with Crippen LogP contribution in [-0.2, 0) is 16.4 Å². The Bertz CT molecular complexity index is 1140. The van der Waals surface area contributed by atoms with Crippen LogP contribution in [-0.4, -0.2) is 18.6 Å². The third-order valence-electron chi connectivity index (χ3n) is 6.41. The monoisotopic (exact) mass is 469 g/mol. The predicted octanol–water partition coefficient (Wildman–Crippen LogP) is 6.65. The summed E-state index contributed by atoms with van der Waals surface area (Å²) in [5.41, 5.74) is 3.19. The molecule has 2 aromatic carbocycles. The second-order valence-corrected chi connectivity index (χ2v) is 10.7. The molecule has 1 aliphatic rings. The van der Waals surface area contributed by atoms with Crippen molar-refractivity contribution in [2.24, 2.45) is 5.92 Å². The average molecular weight is 470 g/mol. The molecule has 0 saturated heterocycles. The third-order valence-corrected chi connectivity index (χ3v) is 7.90. The Morgan fingerprint density at radius 3 is 2.52 bits per heavy atom. The zero-order valence-electron chi connectivity index (χ0n) is 19.8. The van der Waals surface area contributed by atoms with Gasteiger partial charge in [0.2, 0.25) is 0 Å². The Kier molecular flexibility index (Phi) is 7.90. The Labute approximate surface area is 197 Å². The number of allylic oxidation sites excluding steroid dienone is 3. The molecule has 0 bridgehead atoms. The minimum Gasteiger partial charge on any atom is -0.507 e. The van der Waals surface area contributed by atoms with Gasteiger partial charge in [-0.25, -0.2) is 8.42 Å². The van der Waals surface area contributed by atoms with Crippen LogP contribution in [0.3, 0.4) is 0 Å². The maximum absolute atomic E-state index is 13.5.